The van der Waals surface area contributed by atoms with Crippen LogP contribution in [0.3, 0.4) is 0 Å². The van der Waals surface area contributed by atoms with Crippen molar-refractivity contribution in [1.29, 1.82) is 0 Å². The van der Waals surface area contributed by atoms with E-state index in [1.165, 1.54) is 25.3 Å². The summed E-state index contributed by atoms with van der Waals surface area (Å²) in [5.41, 5.74) is 5.88. The van der Waals surface area contributed by atoms with Crippen LogP contribution >= 0.6 is 0 Å². The maximum absolute atomic E-state index is 12.4. The summed E-state index contributed by atoms with van der Waals surface area (Å²) >= 11 is 0. The molecule has 0 heterocycles. The van der Waals surface area contributed by atoms with E-state index in [0.717, 1.165) is 4.31 Å². The fourth-order valence-corrected chi connectivity index (χ4v) is 3.10. The Balaban J connectivity index is 3.27. The molecule has 1 aromatic carbocycles. The molecule has 0 radical (unpaired) electrons. The van der Waals surface area contributed by atoms with Crippen molar-refractivity contribution >= 4 is 21.7 Å². The van der Waals surface area contributed by atoms with E-state index in [-0.39, 0.29) is 29.2 Å². The minimum Gasteiger partial charge on any atom is -0.465 e. The maximum atomic E-state index is 12.4. The predicted octanol–water partition coefficient (Wildman–Crippen LogP) is 0.699. The van der Waals surface area contributed by atoms with Crippen LogP contribution in [-0.2, 0) is 14.8 Å². The molecule has 1 rings (SSSR count). The third kappa shape index (κ3) is 3.10. The van der Waals surface area contributed by atoms with Crippen LogP contribution in [0.4, 0.5) is 5.69 Å². The highest BCUT2D eigenvalue weighted by atomic mass is 32.2. The lowest BCUT2D eigenvalue weighted by Crippen LogP contribution is -2.31. The molecule has 0 saturated carbocycles. The number of nitrogen functional groups attached to an aromatic ring is 1. The van der Waals surface area contributed by atoms with Gasteiger partial charge in [0.2, 0.25) is 10.0 Å². The SMILES string of the molecule is C#CCN(CC)S(=O)(=O)c1ccc(C(=O)OC)cc1N. The fraction of sp³-hybridized carbons (Fsp3) is 0.308. The van der Waals surface area contributed by atoms with Crippen LogP contribution in [0.2, 0.25) is 0 Å². The van der Waals surface area contributed by atoms with Crippen LogP contribution in [0.5, 0.6) is 0 Å². The van der Waals surface area contributed by atoms with Crippen molar-refractivity contribution in [3.63, 3.8) is 0 Å². The van der Waals surface area contributed by atoms with Gasteiger partial charge in [0.05, 0.1) is 24.9 Å². The number of carbonyl (C=O) groups is 1. The first-order chi connectivity index (χ1) is 9.38. The monoisotopic (exact) mass is 296 g/mol. The van der Waals surface area contributed by atoms with E-state index < -0.39 is 16.0 Å². The number of hydrogen-bond donors (Lipinski definition) is 1. The molecule has 0 aliphatic rings. The molecule has 0 atom stereocenters. The lowest BCUT2D eigenvalue weighted by Gasteiger charge is -2.19. The van der Waals surface area contributed by atoms with Gasteiger partial charge in [0, 0.05) is 6.54 Å². The number of nitrogens with two attached hydrogens (primary N) is 1. The molecule has 0 spiro atoms. The summed E-state index contributed by atoms with van der Waals surface area (Å²) in [6, 6.07) is 3.89. The average molecular weight is 296 g/mol. The topological polar surface area (TPSA) is 89.7 Å². The zero-order valence-electron chi connectivity index (χ0n) is 11.3. The Bertz CT molecular complexity index is 647. The zero-order valence-corrected chi connectivity index (χ0v) is 12.1. The summed E-state index contributed by atoms with van der Waals surface area (Å²) in [6.45, 7) is 1.86. The Hall–Kier alpha value is -2.04. The first-order valence-corrected chi connectivity index (χ1v) is 7.24. The molecule has 20 heavy (non-hydrogen) atoms. The van der Waals surface area contributed by atoms with E-state index in [9.17, 15) is 13.2 Å². The Morgan fingerprint density at radius 2 is 2.15 bits per heavy atom. The summed E-state index contributed by atoms with van der Waals surface area (Å²) in [6.07, 6.45) is 5.15. The molecule has 7 heteroatoms. The second kappa shape index (κ2) is 6.41. The first kappa shape index (κ1) is 16.0. The number of benzene rings is 1. The van der Waals surface area contributed by atoms with Gasteiger partial charge in [-0.2, -0.15) is 4.31 Å². The smallest absolute Gasteiger partial charge is 0.337 e. The van der Waals surface area contributed by atoms with Crippen molar-refractivity contribution in [3.05, 3.63) is 23.8 Å². The molecular formula is C13H16N2O4S. The Kier molecular flexibility index (Phi) is 5.13. The third-order valence-electron chi connectivity index (χ3n) is 2.67. The minimum atomic E-state index is -3.78. The van der Waals surface area contributed by atoms with Gasteiger partial charge in [-0.05, 0) is 18.2 Å². The van der Waals surface area contributed by atoms with Crippen molar-refractivity contribution in [3.8, 4) is 12.3 Å². The van der Waals surface area contributed by atoms with Crippen molar-refractivity contribution < 1.29 is 17.9 Å². The molecule has 0 aliphatic carbocycles. The molecule has 0 saturated heterocycles. The number of nitrogens with zero attached hydrogens (tertiary/aromatic N) is 1. The van der Waals surface area contributed by atoms with Gasteiger partial charge in [-0.15, -0.1) is 6.42 Å². The number of carbonyl (C=O) groups excluding carboxylic acids is 1. The Labute approximate surface area is 118 Å². The molecular weight excluding hydrogens is 280 g/mol. The molecule has 0 aliphatic heterocycles. The van der Waals surface area contributed by atoms with Crippen LogP contribution in [0.15, 0.2) is 23.1 Å². The van der Waals surface area contributed by atoms with E-state index >= 15 is 0 Å². The van der Waals surface area contributed by atoms with E-state index in [0.29, 0.717) is 0 Å². The lowest BCUT2D eigenvalue weighted by molar-refractivity contribution is 0.0600. The summed E-state index contributed by atoms with van der Waals surface area (Å²) in [4.78, 5) is 11.3. The van der Waals surface area contributed by atoms with E-state index in [2.05, 4.69) is 10.7 Å². The lowest BCUT2D eigenvalue weighted by atomic mass is 10.2. The van der Waals surface area contributed by atoms with Gasteiger partial charge < -0.3 is 10.5 Å². The molecule has 6 nitrogen and oxygen atoms in total. The number of esters is 1. The van der Waals surface area contributed by atoms with Crippen LogP contribution in [0.25, 0.3) is 0 Å². The van der Waals surface area contributed by atoms with Gasteiger partial charge in [0.1, 0.15) is 4.90 Å². The third-order valence-corrected chi connectivity index (χ3v) is 4.66. The van der Waals surface area contributed by atoms with Crippen LogP contribution in [0.1, 0.15) is 17.3 Å². The predicted molar refractivity (Wildman–Crippen MR) is 75.5 cm³/mol. The fourth-order valence-electron chi connectivity index (χ4n) is 1.64. The first-order valence-electron chi connectivity index (χ1n) is 5.80. The molecule has 1 aromatic rings. The van der Waals surface area contributed by atoms with E-state index in [4.69, 9.17) is 12.2 Å². The number of rotatable bonds is 5. The molecule has 2 N–H and O–H groups in total. The standard InChI is InChI=1S/C13H16N2O4S/c1-4-8-15(5-2)20(17,18)12-7-6-10(9-11(12)14)13(16)19-3/h1,6-7,9H,5,8,14H2,2-3H3. The molecule has 0 fully saturated rings. The maximum Gasteiger partial charge on any atom is 0.337 e. The Morgan fingerprint density at radius 1 is 1.50 bits per heavy atom. The quantitative estimate of drug-likeness (QED) is 0.491. The molecule has 0 aromatic heterocycles. The second-order valence-electron chi connectivity index (χ2n) is 3.88. The highest BCUT2D eigenvalue weighted by Gasteiger charge is 2.25. The summed E-state index contributed by atoms with van der Waals surface area (Å²) < 4.78 is 30.4. The molecule has 0 unspecified atom stereocenters. The van der Waals surface area contributed by atoms with Gasteiger partial charge in [-0.3, -0.25) is 0 Å². The Morgan fingerprint density at radius 3 is 2.60 bits per heavy atom. The molecule has 0 amide bonds. The largest absolute Gasteiger partial charge is 0.465 e. The van der Waals surface area contributed by atoms with Crippen molar-refractivity contribution in [2.45, 2.75) is 11.8 Å². The summed E-state index contributed by atoms with van der Waals surface area (Å²) in [5, 5.41) is 0. The average Bonchev–Trinajstić information content (AvgIpc) is 2.43. The van der Waals surface area contributed by atoms with Crippen molar-refractivity contribution in [1.82, 2.24) is 4.31 Å². The minimum absolute atomic E-state index is 0.0247. The number of sulfonamides is 1. The van der Waals surface area contributed by atoms with Crippen LogP contribution in [-0.4, -0.2) is 38.9 Å². The van der Waals surface area contributed by atoms with Gasteiger partial charge in [0.15, 0.2) is 0 Å². The number of terminal acetylenes is 1. The highest BCUT2D eigenvalue weighted by molar-refractivity contribution is 7.89. The normalized spacial score (nSPS) is 11.1. The molecule has 0 bridgehead atoms. The van der Waals surface area contributed by atoms with Gasteiger partial charge >= 0.3 is 5.97 Å². The second-order valence-corrected chi connectivity index (χ2v) is 5.79. The van der Waals surface area contributed by atoms with Crippen molar-refractivity contribution in [2.75, 3.05) is 25.9 Å². The number of methoxy groups -OCH3 is 1. The van der Waals surface area contributed by atoms with Gasteiger partial charge in [-0.1, -0.05) is 12.8 Å². The summed E-state index contributed by atoms with van der Waals surface area (Å²) in [7, 11) is -2.55. The van der Waals surface area contributed by atoms with Crippen LogP contribution in [0, 0.1) is 12.3 Å². The van der Waals surface area contributed by atoms with Gasteiger partial charge in [-0.25, -0.2) is 13.2 Å². The van der Waals surface area contributed by atoms with E-state index in [1.54, 1.807) is 6.92 Å². The van der Waals surface area contributed by atoms with Crippen molar-refractivity contribution in [2.24, 2.45) is 0 Å². The van der Waals surface area contributed by atoms with E-state index in [1.807, 2.05) is 0 Å². The number of ether oxygens (including phenoxy) is 1. The van der Waals surface area contributed by atoms with Crippen LogP contribution < -0.4 is 5.73 Å². The van der Waals surface area contributed by atoms with Gasteiger partial charge in [0.25, 0.3) is 0 Å². The number of hydrogen-bond acceptors (Lipinski definition) is 5. The number of anilines is 1. The summed E-state index contributed by atoms with van der Waals surface area (Å²) in [5.74, 6) is 1.70. The molecule has 108 valence electrons. The highest BCUT2D eigenvalue weighted by Crippen LogP contribution is 2.23. The zero-order chi connectivity index (χ0) is 15.3.